The molecule has 0 aliphatic heterocycles. The number of ether oxygens (including phenoxy) is 1. The standard InChI is InChI=1S/C13H7F5O2/c14-9-3-1-2-8(12(9)15)7-4-5-10(19)11(6-7)20-13(16,17)18/h1-6,19H. The van der Waals surface area contributed by atoms with Gasteiger partial charge in [0.25, 0.3) is 0 Å². The fourth-order valence-electron chi connectivity index (χ4n) is 1.61. The minimum absolute atomic E-state index is 0.0564. The monoisotopic (exact) mass is 290 g/mol. The largest absolute Gasteiger partial charge is 0.573 e. The van der Waals surface area contributed by atoms with E-state index in [0.717, 1.165) is 24.3 Å². The van der Waals surface area contributed by atoms with Gasteiger partial charge in [-0.1, -0.05) is 18.2 Å². The highest BCUT2D eigenvalue weighted by atomic mass is 19.4. The topological polar surface area (TPSA) is 29.5 Å². The molecule has 0 fully saturated rings. The SMILES string of the molecule is Oc1ccc(-c2cccc(F)c2F)cc1OC(F)(F)F. The molecule has 2 nitrogen and oxygen atoms in total. The molecular weight excluding hydrogens is 283 g/mol. The first kappa shape index (κ1) is 14.1. The smallest absolute Gasteiger partial charge is 0.504 e. The summed E-state index contributed by atoms with van der Waals surface area (Å²) in [6, 6.07) is 6.12. The van der Waals surface area contributed by atoms with E-state index in [2.05, 4.69) is 4.74 Å². The van der Waals surface area contributed by atoms with E-state index >= 15 is 0 Å². The third kappa shape index (κ3) is 2.98. The van der Waals surface area contributed by atoms with E-state index in [0.29, 0.717) is 0 Å². The molecule has 0 spiro atoms. The van der Waals surface area contributed by atoms with E-state index in [1.165, 1.54) is 12.1 Å². The molecule has 0 radical (unpaired) electrons. The van der Waals surface area contributed by atoms with E-state index in [1.807, 2.05) is 0 Å². The second-order valence-electron chi connectivity index (χ2n) is 3.83. The molecule has 0 amide bonds. The molecule has 7 heteroatoms. The number of hydrogen-bond donors (Lipinski definition) is 1. The molecule has 2 aromatic rings. The van der Waals surface area contributed by atoms with Crippen LogP contribution in [0.2, 0.25) is 0 Å². The second kappa shape index (κ2) is 4.99. The van der Waals surface area contributed by atoms with E-state index < -0.39 is 29.5 Å². The van der Waals surface area contributed by atoms with Crippen LogP contribution >= 0.6 is 0 Å². The van der Waals surface area contributed by atoms with Gasteiger partial charge in [-0.3, -0.25) is 0 Å². The molecule has 0 heterocycles. The lowest BCUT2D eigenvalue weighted by atomic mass is 10.0. The number of phenolic OH excluding ortho intramolecular Hbond substituents is 1. The van der Waals surface area contributed by atoms with Crippen molar-refractivity contribution < 1.29 is 31.8 Å². The molecule has 0 bridgehead atoms. The number of halogens is 5. The highest BCUT2D eigenvalue weighted by Crippen LogP contribution is 2.36. The molecule has 0 saturated heterocycles. The highest BCUT2D eigenvalue weighted by molar-refractivity contribution is 5.67. The summed E-state index contributed by atoms with van der Waals surface area (Å²) in [7, 11) is 0. The predicted octanol–water partition coefficient (Wildman–Crippen LogP) is 4.24. The van der Waals surface area contributed by atoms with Gasteiger partial charge in [-0.2, -0.15) is 0 Å². The highest BCUT2D eigenvalue weighted by Gasteiger charge is 2.32. The normalized spacial score (nSPS) is 11.4. The summed E-state index contributed by atoms with van der Waals surface area (Å²) in [5, 5.41) is 9.28. The summed E-state index contributed by atoms with van der Waals surface area (Å²) in [4.78, 5) is 0. The Labute approximate surface area is 110 Å². The summed E-state index contributed by atoms with van der Waals surface area (Å²) < 4.78 is 66.6. The number of alkyl halides is 3. The summed E-state index contributed by atoms with van der Waals surface area (Å²) in [5.41, 5.74) is -0.295. The van der Waals surface area contributed by atoms with E-state index in [1.54, 1.807) is 0 Å². The second-order valence-corrected chi connectivity index (χ2v) is 3.83. The maximum Gasteiger partial charge on any atom is 0.573 e. The Morgan fingerprint density at radius 3 is 2.35 bits per heavy atom. The first-order chi connectivity index (χ1) is 9.28. The molecule has 2 rings (SSSR count). The Hall–Kier alpha value is -2.31. The lowest BCUT2D eigenvalue weighted by Crippen LogP contribution is -2.17. The van der Waals surface area contributed by atoms with E-state index in [9.17, 15) is 27.1 Å². The molecule has 106 valence electrons. The number of aromatic hydroxyl groups is 1. The van der Waals surface area contributed by atoms with Gasteiger partial charge in [-0.15, -0.1) is 13.2 Å². The molecule has 2 aromatic carbocycles. The number of rotatable bonds is 2. The Balaban J connectivity index is 2.49. The summed E-state index contributed by atoms with van der Waals surface area (Å²) in [6.45, 7) is 0. The Bertz CT molecular complexity index is 637. The third-order valence-corrected chi connectivity index (χ3v) is 2.45. The van der Waals surface area contributed by atoms with Crippen LogP contribution in [0.1, 0.15) is 0 Å². The van der Waals surface area contributed by atoms with Crippen LogP contribution in [0.25, 0.3) is 11.1 Å². The van der Waals surface area contributed by atoms with Gasteiger partial charge in [0.15, 0.2) is 23.1 Å². The summed E-state index contributed by atoms with van der Waals surface area (Å²) in [6.07, 6.45) is -5.00. The minimum atomic E-state index is -5.00. The lowest BCUT2D eigenvalue weighted by molar-refractivity contribution is -0.275. The van der Waals surface area contributed by atoms with Crippen molar-refractivity contribution >= 4 is 0 Å². The van der Waals surface area contributed by atoms with E-state index in [-0.39, 0.29) is 11.1 Å². The van der Waals surface area contributed by atoms with Gasteiger partial charge in [0.05, 0.1) is 0 Å². The number of phenols is 1. The fraction of sp³-hybridized carbons (Fsp3) is 0.0769. The zero-order chi connectivity index (χ0) is 14.9. The maximum absolute atomic E-state index is 13.6. The van der Waals surface area contributed by atoms with Crippen LogP contribution < -0.4 is 4.74 Å². The van der Waals surface area contributed by atoms with Crippen molar-refractivity contribution in [1.29, 1.82) is 0 Å². The Morgan fingerprint density at radius 1 is 1.00 bits per heavy atom. The quantitative estimate of drug-likeness (QED) is 0.838. The molecule has 0 unspecified atom stereocenters. The van der Waals surface area contributed by atoms with Crippen LogP contribution in [0.15, 0.2) is 36.4 Å². The Morgan fingerprint density at radius 2 is 1.70 bits per heavy atom. The van der Waals surface area contributed by atoms with Crippen LogP contribution in [0.3, 0.4) is 0 Å². The van der Waals surface area contributed by atoms with Crippen LogP contribution in [0, 0.1) is 11.6 Å². The average Bonchev–Trinajstić information content (AvgIpc) is 2.34. The number of hydrogen-bond acceptors (Lipinski definition) is 2. The van der Waals surface area contributed by atoms with Crippen LogP contribution in [0.5, 0.6) is 11.5 Å². The van der Waals surface area contributed by atoms with Crippen molar-refractivity contribution in [1.82, 2.24) is 0 Å². The first-order valence-corrected chi connectivity index (χ1v) is 5.31. The van der Waals surface area contributed by atoms with Crippen LogP contribution in [-0.4, -0.2) is 11.5 Å². The van der Waals surface area contributed by atoms with Gasteiger partial charge < -0.3 is 9.84 Å². The molecule has 0 atom stereocenters. The minimum Gasteiger partial charge on any atom is -0.504 e. The molecule has 0 saturated carbocycles. The van der Waals surface area contributed by atoms with Crippen molar-refractivity contribution in [2.24, 2.45) is 0 Å². The molecule has 0 aromatic heterocycles. The molecule has 0 aliphatic rings. The van der Waals surface area contributed by atoms with Crippen molar-refractivity contribution in [3.63, 3.8) is 0 Å². The molecule has 0 aliphatic carbocycles. The van der Waals surface area contributed by atoms with Crippen LogP contribution in [0.4, 0.5) is 22.0 Å². The summed E-state index contributed by atoms with van der Waals surface area (Å²) >= 11 is 0. The van der Waals surface area contributed by atoms with Crippen molar-refractivity contribution in [3.8, 4) is 22.6 Å². The lowest BCUT2D eigenvalue weighted by Gasteiger charge is -2.12. The van der Waals surface area contributed by atoms with E-state index in [4.69, 9.17) is 0 Å². The zero-order valence-corrected chi connectivity index (χ0v) is 9.71. The Kier molecular flexibility index (Phi) is 3.52. The van der Waals surface area contributed by atoms with Gasteiger partial charge >= 0.3 is 6.36 Å². The van der Waals surface area contributed by atoms with Crippen molar-refractivity contribution in [2.45, 2.75) is 6.36 Å². The summed E-state index contributed by atoms with van der Waals surface area (Å²) in [5.74, 6) is -3.98. The molecular formula is C13H7F5O2. The van der Waals surface area contributed by atoms with Gasteiger partial charge in [-0.05, 0) is 23.8 Å². The number of benzene rings is 2. The maximum atomic E-state index is 13.6. The van der Waals surface area contributed by atoms with Crippen LogP contribution in [-0.2, 0) is 0 Å². The van der Waals surface area contributed by atoms with Gasteiger partial charge in [0, 0.05) is 5.56 Å². The van der Waals surface area contributed by atoms with Gasteiger partial charge in [0.1, 0.15) is 0 Å². The van der Waals surface area contributed by atoms with Gasteiger partial charge in [0.2, 0.25) is 0 Å². The zero-order valence-electron chi connectivity index (χ0n) is 9.71. The predicted molar refractivity (Wildman–Crippen MR) is 60.1 cm³/mol. The van der Waals surface area contributed by atoms with Crippen molar-refractivity contribution in [3.05, 3.63) is 48.0 Å². The first-order valence-electron chi connectivity index (χ1n) is 5.31. The molecule has 1 N–H and O–H groups in total. The molecule has 20 heavy (non-hydrogen) atoms. The van der Waals surface area contributed by atoms with Crippen molar-refractivity contribution in [2.75, 3.05) is 0 Å². The third-order valence-electron chi connectivity index (χ3n) is 2.45. The van der Waals surface area contributed by atoms with Gasteiger partial charge in [-0.25, -0.2) is 8.78 Å². The fourth-order valence-corrected chi connectivity index (χ4v) is 1.61. The average molecular weight is 290 g/mol.